The molecule has 3 nitrogen and oxygen atoms in total. The zero-order valence-corrected chi connectivity index (χ0v) is 15.5. The van der Waals surface area contributed by atoms with Gasteiger partial charge in [0.05, 0.1) is 0 Å². The molecule has 0 aliphatic carbocycles. The Morgan fingerprint density at radius 2 is 1.46 bits per heavy atom. The molecule has 0 amide bonds. The van der Waals surface area contributed by atoms with Gasteiger partial charge in [-0.25, -0.2) is 0 Å². The van der Waals surface area contributed by atoms with Crippen molar-refractivity contribution in [1.82, 2.24) is 0 Å². The molecule has 0 radical (unpaired) electrons. The number of hydrogen-bond acceptors (Lipinski definition) is 2. The summed E-state index contributed by atoms with van der Waals surface area (Å²) in [6, 6.07) is 9.18. The standard InChI is InChI=1S/C20H28O3S/c1-3-5-7-10-16-14-18-12-9-13-20(24(21,22)23)19(18)15-17(16)11-8-6-4-2/h9,12-15H,3-8,10-11H2,1-2H3,(H,21,22,23). The van der Waals surface area contributed by atoms with Crippen molar-refractivity contribution in [1.29, 1.82) is 0 Å². The summed E-state index contributed by atoms with van der Waals surface area (Å²) in [6.45, 7) is 4.37. The van der Waals surface area contributed by atoms with Crippen LogP contribution in [0.1, 0.15) is 63.5 Å². The van der Waals surface area contributed by atoms with Gasteiger partial charge in [0, 0.05) is 5.39 Å². The zero-order chi connectivity index (χ0) is 17.6. The summed E-state index contributed by atoms with van der Waals surface area (Å²) < 4.78 is 32.8. The molecule has 0 spiro atoms. The molecule has 2 aromatic rings. The molecule has 0 unspecified atom stereocenters. The molecular formula is C20H28O3S. The van der Waals surface area contributed by atoms with Gasteiger partial charge >= 0.3 is 0 Å². The van der Waals surface area contributed by atoms with Crippen molar-refractivity contribution in [3.05, 3.63) is 41.5 Å². The van der Waals surface area contributed by atoms with Gasteiger partial charge in [0.1, 0.15) is 4.90 Å². The Labute approximate surface area is 145 Å². The molecule has 0 aliphatic rings. The Balaban J connectivity index is 2.48. The van der Waals surface area contributed by atoms with Gasteiger partial charge in [-0.15, -0.1) is 0 Å². The van der Waals surface area contributed by atoms with Crippen LogP contribution in [0.25, 0.3) is 10.8 Å². The third-order valence-electron chi connectivity index (χ3n) is 4.54. The SMILES string of the molecule is CCCCCc1cc2cccc(S(=O)(=O)O)c2cc1CCCCC. The summed E-state index contributed by atoms with van der Waals surface area (Å²) in [4.78, 5) is 0.0110. The molecule has 0 saturated carbocycles. The molecule has 132 valence electrons. The van der Waals surface area contributed by atoms with Crippen LogP contribution in [0.2, 0.25) is 0 Å². The van der Waals surface area contributed by atoms with Gasteiger partial charge in [0.15, 0.2) is 0 Å². The molecule has 0 saturated heterocycles. The first-order valence-electron chi connectivity index (χ1n) is 8.99. The van der Waals surface area contributed by atoms with E-state index >= 15 is 0 Å². The lowest BCUT2D eigenvalue weighted by molar-refractivity contribution is 0.484. The van der Waals surface area contributed by atoms with E-state index in [4.69, 9.17) is 0 Å². The number of hydrogen-bond donors (Lipinski definition) is 1. The molecule has 0 atom stereocenters. The van der Waals surface area contributed by atoms with E-state index in [-0.39, 0.29) is 4.90 Å². The summed E-state index contributed by atoms with van der Waals surface area (Å²) in [6.07, 6.45) is 8.98. The Kier molecular flexibility index (Phi) is 6.81. The van der Waals surface area contributed by atoms with Gasteiger partial charge in [0.2, 0.25) is 0 Å². The van der Waals surface area contributed by atoms with Gasteiger partial charge in [0.25, 0.3) is 10.1 Å². The highest BCUT2D eigenvalue weighted by atomic mass is 32.2. The zero-order valence-electron chi connectivity index (χ0n) is 14.7. The van der Waals surface area contributed by atoms with Gasteiger partial charge < -0.3 is 0 Å². The molecule has 4 heteroatoms. The third-order valence-corrected chi connectivity index (χ3v) is 5.45. The number of fused-ring (bicyclic) bond motifs is 1. The van der Waals surface area contributed by atoms with Crippen molar-refractivity contribution >= 4 is 20.9 Å². The number of unbranched alkanes of at least 4 members (excludes halogenated alkanes) is 4. The van der Waals surface area contributed by atoms with E-state index < -0.39 is 10.1 Å². The summed E-state index contributed by atoms with van der Waals surface area (Å²) in [5.74, 6) is 0. The van der Waals surface area contributed by atoms with Crippen molar-refractivity contribution in [2.75, 3.05) is 0 Å². The predicted octanol–water partition coefficient (Wildman–Crippen LogP) is 5.55. The molecular weight excluding hydrogens is 320 g/mol. The first-order chi connectivity index (χ1) is 11.5. The van der Waals surface area contributed by atoms with Crippen molar-refractivity contribution < 1.29 is 13.0 Å². The van der Waals surface area contributed by atoms with Crippen LogP contribution in [-0.2, 0) is 23.0 Å². The Morgan fingerprint density at radius 3 is 2.00 bits per heavy atom. The highest BCUT2D eigenvalue weighted by Gasteiger charge is 2.15. The van der Waals surface area contributed by atoms with Gasteiger partial charge in [-0.1, -0.05) is 57.7 Å². The van der Waals surface area contributed by atoms with Gasteiger partial charge in [-0.2, -0.15) is 8.42 Å². The Morgan fingerprint density at radius 1 is 0.875 bits per heavy atom. The maximum absolute atomic E-state index is 11.7. The summed E-state index contributed by atoms with van der Waals surface area (Å²) in [5.41, 5.74) is 2.54. The van der Waals surface area contributed by atoms with E-state index in [9.17, 15) is 13.0 Å². The van der Waals surface area contributed by atoms with Crippen LogP contribution >= 0.6 is 0 Å². The summed E-state index contributed by atoms with van der Waals surface area (Å²) in [5, 5.41) is 1.52. The maximum atomic E-state index is 11.7. The van der Waals surface area contributed by atoms with Crippen LogP contribution < -0.4 is 0 Å². The highest BCUT2D eigenvalue weighted by Crippen LogP contribution is 2.28. The summed E-state index contributed by atoms with van der Waals surface area (Å²) in [7, 11) is -4.21. The van der Waals surface area contributed by atoms with Crippen LogP contribution in [-0.4, -0.2) is 13.0 Å². The van der Waals surface area contributed by atoms with Crippen molar-refractivity contribution in [2.45, 2.75) is 70.1 Å². The van der Waals surface area contributed by atoms with E-state index in [1.807, 2.05) is 12.1 Å². The van der Waals surface area contributed by atoms with E-state index in [0.717, 1.165) is 37.5 Å². The van der Waals surface area contributed by atoms with Crippen molar-refractivity contribution in [3.8, 4) is 0 Å². The van der Waals surface area contributed by atoms with E-state index in [1.54, 1.807) is 6.07 Å². The van der Waals surface area contributed by atoms with Crippen LogP contribution in [0.3, 0.4) is 0 Å². The fourth-order valence-electron chi connectivity index (χ4n) is 3.21. The molecule has 0 bridgehead atoms. The van der Waals surface area contributed by atoms with Crippen LogP contribution in [0.15, 0.2) is 35.2 Å². The lowest BCUT2D eigenvalue weighted by Crippen LogP contribution is -2.01. The lowest BCUT2D eigenvalue weighted by Gasteiger charge is -2.13. The minimum atomic E-state index is -4.21. The normalized spacial score (nSPS) is 12.0. The van der Waals surface area contributed by atoms with Crippen LogP contribution in [0.4, 0.5) is 0 Å². The Hall–Kier alpha value is -1.39. The van der Waals surface area contributed by atoms with Gasteiger partial charge in [-0.05, 0) is 54.3 Å². The molecule has 0 heterocycles. The predicted molar refractivity (Wildman–Crippen MR) is 100 cm³/mol. The fourth-order valence-corrected chi connectivity index (χ4v) is 3.92. The molecule has 0 aliphatic heterocycles. The first kappa shape index (κ1) is 18.9. The average molecular weight is 349 g/mol. The highest BCUT2D eigenvalue weighted by molar-refractivity contribution is 7.86. The lowest BCUT2D eigenvalue weighted by atomic mass is 9.93. The number of benzene rings is 2. The minimum absolute atomic E-state index is 0.0110. The second kappa shape index (κ2) is 8.63. The maximum Gasteiger partial charge on any atom is 0.295 e. The van der Waals surface area contributed by atoms with Crippen molar-refractivity contribution in [2.24, 2.45) is 0 Å². The van der Waals surface area contributed by atoms with Gasteiger partial charge in [-0.3, -0.25) is 4.55 Å². The molecule has 2 rings (SSSR count). The fraction of sp³-hybridized carbons (Fsp3) is 0.500. The topological polar surface area (TPSA) is 54.4 Å². The minimum Gasteiger partial charge on any atom is -0.282 e. The van der Waals surface area contributed by atoms with E-state index in [0.29, 0.717) is 5.39 Å². The Bertz CT molecular complexity index is 779. The average Bonchev–Trinajstić information content (AvgIpc) is 2.54. The third kappa shape index (κ3) is 4.81. The van der Waals surface area contributed by atoms with Crippen LogP contribution in [0, 0.1) is 0 Å². The molecule has 0 fully saturated rings. The monoisotopic (exact) mass is 348 g/mol. The van der Waals surface area contributed by atoms with E-state index in [2.05, 4.69) is 19.9 Å². The largest absolute Gasteiger partial charge is 0.295 e. The molecule has 24 heavy (non-hydrogen) atoms. The number of rotatable bonds is 9. The second-order valence-electron chi connectivity index (χ2n) is 6.49. The molecule has 2 aromatic carbocycles. The van der Waals surface area contributed by atoms with Crippen molar-refractivity contribution in [3.63, 3.8) is 0 Å². The quantitative estimate of drug-likeness (QED) is 0.477. The van der Waals surface area contributed by atoms with E-state index in [1.165, 1.54) is 36.5 Å². The molecule has 1 N–H and O–H groups in total. The number of aryl methyl sites for hydroxylation is 2. The van der Waals surface area contributed by atoms with Crippen LogP contribution in [0.5, 0.6) is 0 Å². The summed E-state index contributed by atoms with van der Waals surface area (Å²) >= 11 is 0. The first-order valence-corrected chi connectivity index (χ1v) is 10.4. The smallest absolute Gasteiger partial charge is 0.282 e. The molecule has 0 aromatic heterocycles. The second-order valence-corrected chi connectivity index (χ2v) is 7.88.